The predicted octanol–water partition coefficient (Wildman–Crippen LogP) is 2.23. The van der Waals surface area contributed by atoms with E-state index in [4.69, 9.17) is 0 Å². The van der Waals surface area contributed by atoms with Crippen LogP contribution in [0.1, 0.15) is 11.1 Å². The molecule has 3 rings (SSSR count). The summed E-state index contributed by atoms with van der Waals surface area (Å²) in [6.45, 7) is 2.84. The molecule has 0 radical (unpaired) electrons. The third-order valence-corrected chi connectivity index (χ3v) is 3.63. The summed E-state index contributed by atoms with van der Waals surface area (Å²) in [5.74, 6) is -0.188. The van der Waals surface area contributed by atoms with Crippen LogP contribution in [0.25, 0.3) is 0 Å². The highest BCUT2D eigenvalue weighted by molar-refractivity contribution is 5.93. The molecule has 7 nitrogen and oxygen atoms in total. The van der Waals surface area contributed by atoms with Gasteiger partial charge in [0.15, 0.2) is 0 Å². The van der Waals surface area contributed by atoms with Gasteiger partial charge in [-0.2, -0.15) is 0 Å². The average Bonchev–Trinajstić information content (AvgIpc) is 3.08. The topological polar surface area (TPSA) is 84.7 Å². The molecule has 1 amide bonds. The van der Waals surface area contributed by atoms with E-state index in [2.05, 4.69) is 45.2 Å². The first-order valence-electron chi connectivity index (χ1n) is 7.60. The Kier molecular flexibility index (Phi) is 4.81. The molecule has 0 spiro atoms. The molecule has 0 bridgehead atoms. The second kappa shape index (κ2) is 7.36. The number of aryl methyl sites for hydroxylation is 1. The second-order valence-electron chi connectivity index (χ2n) is 5.38. The fourth-order valence-electron chi connectivity index (χ4n) is 2.33. The van der Waals surface area contributed by atoms with Crippen molar-refractivity contribution in [2.75, 3.05) is 10.6 Å². The van der Waals surface area contributed by atoms with Crippen molar-refractivity contribution in [2.45, 2.75) is 20.0 Å². The number of anilines is 2. The number of rotatable bonds is 6. The van der Waals surface area contributed by atoms with E-state index in [0.29, 0.717) is 6.54 Å². The number of amides is 1. The van der Waals surface area contributed by atoms with E-state index >= 15 is 0 Å². The molecule has 0 aliphatic rings. The first kappa shape index (κ1) is 15.7. The van der Waals surface area contributed by atoms with E-state index in [1.165, 1.54) is 22.1 Å². The van der Waals surface area contributed by atoms with Crippen LogP contribution in [0, 0.1) is 6.92 Å². The lowest BCUT2D eigenvalue weighted by Gasteiger charge is -2.14. The van der Waals surface area contributed by atoms with Crippen LogP contribution in [0.5, 0.6) is 0 Å². The zero-order valence-corrected chi connectivity index (χ0v) is 13.3. The Morgan fingerprint density at radius 2 is 1.83 bits per heavy atom. The highest BCUT2D eigenvalue weighted by Crippen LogP contribution is 2.22. The first-order valence-corrected chi connectivity index (χ1v) is 7.60. The minimum Gasteiger partial charge on any atom is -0.379 e. The van der Waals surface area contributed by atoms with Gasteiger partial charge in [0.1, 0.15) is 12.9 Å². The molecule has 0 fully saturated rings. The fraction of sp³-hybridized carbons (Fsp3) is 0.176. The third kappa shape index (κ3) is 3.95. The second-order valence-corrected chi connectivity index (χ2v) is 5.38. The SMILES string of the molecule is Cc1ccccc1CNc1ccccc1NC(=O)Cn1cnnn1. The quantitative estimate of drug-likeness (QED) is 0.727. The summed E-state index contributed by atoms with van der Waals surface area (Å²) in [5, 5.41) is 17.0. The molecule has 122 valence electrons. The number of tetrazole rings is 1. The van der Waals surface area contributed by atoms with E-state index in [1.54, 1.807) is 0 Å². The van der Waals surface area contributed by atoms with Crippen molar-refractivity contribution >= 4 is 17.3 Å². The largest absolute Gasteiger partial charge is 0.379 e. The van der Waals surface area contributed by atoms with Gasteiger partial charge in [-0.05, 0) is 40.6 Å². The summed E-state index contributed by atoms with van der Waals surface area (Å²) in [6.07, 6.45) is 1.40. The van der Waals surface area contributed by atoms with Gasteiger partial charge < -0.3 is 10.6 Å². The van der Waals surface area contributed by atoms with Crippen LogP contribution >= 0.6 is 0 Å². The lowest BCUT2D eigenvalue weighted by molar-refractivity contribution is -0.116. The molecule has 1 aromatic heterocycles. The van der Waals surface area contributed by atoms with Crippen LogP contribution in [0.2, 0.25) is 0 Å². The van der Waals surface area contributed by atoms with Crippen LogP contribution in [-0.4, -0.2) is 26.1 Å². The minimum atomic E-state index is -0.188. The van der Waals surface area contributed by atoms with Crippen molar-refractivity contribution in [3.8, 4) is 0 Å². The molecule has 24 heavy (non-hydrogen) atoms. The molecule has 0 aliphatic carbocycles. The zero-order chi connectivity index (χ0) is 16.8. The van der Waals surface area contributed by atoms with Crippen molar-refractivity contribution in [1.82, 2.24) is 20.2 Å². The Labute approximate surface area is 139 Å². The maximum absolute atomic E-state index is 12.1. The van der Waals surface area contributed by atoms with Gasteiger partial charge in [-0.3, -0.25) is 4.79 Å². The van der Waals surface area contributed by atoms with Crippen molar-refractivity contribution in [3.05, 3.63) is 66.0 Å². The van der Waals surface area contributed by atoms with Gasteiger partial charge in [-0.15, -0.1) is 5.10 Å². The van der Waals surface area contributed by atoms with Crippen LogP contribution in [0.15, 0.2) is 54.9 Å². The Morgan fingerprint density at radius 1 is 1.08 bits per heavy atom. The minimum absolute atomic E-state index is 0.0686. The summed E-state index contributed by atoms with van der Waals surface area (Å²) in [4.78, 5) is 12.1. The number of hydrogen-bond acceptors (Lipinski definition) is 5. The molecular formula is C17H18N6O. The van der Waals surface area contributed by atoms with Gasteiger partial charge in [-0.1, -0.05) is 36.4 Å². The van der Waals surface area contributed by atoms with Gasteiger partial charge >= 0.3 is 0 Å². The maximum atomic E-state index is 12.1. The smallest absolute Gasteiger partial charge is 0.246 e. The van der Waals surface area contributed by atoms with Crippen molar-refractivity contribution < 1.29 is 4.79 Å². The number of hydrogen-bond donors (Lipinski definition) is 2. The van der Waals surface area contributed by atoms with Crippen molar-refractivity contribution in [3.63, 3.8) is 0 Å². The third-order valence-electron chi connectivity index (χ3n) is 3.63. The van der Waals surface area contributed by atoms with E-state index in [0.717, 1.165) is 11.4 Å². The number of benzene rings is 2. The average molecular weight is 322 g/mol. The highest BCUT2D eigenvalue weighted by atomic mass is 16.2. The zero-order valence-electron chi connectivity index (χ0n) is 13.3. The fourth-order valence-corrected chi connectivity index (χ4v) is 2.33. The van der Waals surface area contributed by atoms with Crippen LogP contribution in [-0.2, 0) is 17.9 Å². The van der Waals surface area contributed by atoms with Crippen molar-refractivity contribution in [1.29, 1.82) is 0 Å². The molecule has 2 N–H and O–H groups in total. The molecule has 1 heterocycles. The Morgan fingerprint density at radius 3 is 2.58 bits per heavy atom. The highest BCUT2D eigenvalue weighted by Gasteiger charge is 2.08. The molecule has 0 saturated heterocycles. The molecular weight excluding hydrogens is 304 g/mol. The standard InChI is InChI=1S/C17H18N6O/c1-13-6-2-3-7-14(13)10-18-15-8-4-5-9-16(15)20-17(24)11-23-12-19-21-22-23/h2-9,12,18H,10-11H2,1H3,(H,20,24). The molecule has 0 atom stereocenters. The molecule has 7 heteroatoms. The number of nitrogens with zero attached hydrogens (tertiary/aromatic N) is 4. The molecule has 0 aliphatic heterocycles. The van der Waals surface area contributed by atoms with Gasteiger partial charge in [0, 0.05) is 6.54 Å². The van der Waals surface area contributed by atoms with Crippen LogP contribution in [0.3, 0.4) is 0 Å². The van der Waals surface area contributed by atoms with Gasteiger partial charge in [0.25, 0.3) is 0 Å². The molecule has 2 aromatic carbocycles. The lowest BCUT2D eigenvalue weighted by Crippen LogP contribution is -2.20. The maximum Gasteiger partial charge on any atom is 0.246 e. The van der Waals surface area contributed by atoms with E-state index < -0.39 is 0 Å². The van der Waals surface area contributed by atoms with E-state index in [-0.39, 0.29) is 12.5 Å². The summed E-state index contributed by atoms with van der Waals surface area (Å²) >= 11 is 0. The first-order chi connectivity index (χ1) is 11.7. The van der Waals surface area contributed by atoms with E-state index in [9.17, 15) is 4.79 Å². The Balaban J connectivity index is 1.66. The predicted molar refractivity (Wildman–Crippen MR) is 91.4 cm³/mol. The summed E-state index contributed by atoms with van der Waals surface area (Å²) in [6, 6.07) is 15.8. The number of nitrogens with one attached hydrogen (secondary N) is 2. The van der Waals surface area contributed by atoms with E-state index in [1.807, 2.05) is 36.4 Å². The lowest BCUT2D eigenvalue weighted by atomic mass is 10.1. The Hall–Kier alpha value is -3.22. The van der Waals surface area contributed by atoms with Gasteiger partial charge in [0.05, 0.1) is 11.4 Å². The number of aromatic nitrogens is 4. The number of carbonyl (C=O) groups excluding carboxylic acids is 1. The van der Waals surface area contributed by atoms with Crippen LogP contribution < -0.4 is 10.6 Å². The normalized spacial score (nSPS) is 10.4. The monoisotopic (exact) mass is 322 g/mol. The number of para-hydroxylation sites is 2. The van der Waals surface area contributed by atoms with Crippen LogP contribution in [0.4, 0.5) is 11.4 Å². The summed E-state index contributed by atoms with van der Waals surface area (Å²) in [5.41, 5.74) is 4.03. The number of carbonyl (C=O) groups is 1. The summed E-state index contributed by atoms with van der Waals surface area (Å²) in [7, 11) is 0. The Bertz CT molecular complexity index is 815. The van der Waals surface area contributed by atoms with Crippen molar-refractivity contribution in [2.24, 2.45) is 0 Å². The molecule has 3 aromatic rings. The summed E-state index contributed by atoms with van der Waals surface area (Å²) < 4.78 is 1.37. The molecule has 0 saturated carbocycles. The van der Waals surface area contributed by atoms with Gasteiger partial charge in [0.2, 0.25) is 5.91 Å². The molecule has 0 unspecified atom stereocenters. The van der Waals surface area contributed by atoms with Gasteiger partial charge in [-0.25, -0.2) is 4.68 Å².